The molecule has 7 heteroatoms. The molecule has 29 heavy (non-hydrogen) atoms. The Balaban J connectivity index is 2.08. The van der Waals surface area contributed by atoms with Crippen LogP contribution in [0.4, 0.5) is 5.69 Å². The van der Waals surface area contributed by atoms with Gasteiger partial charge in [-0.15, -0.1) is 0 Å². The van der Waals surface area contributed by atoms with Gasteiger partial charge in [-0.3, -0.25) is 9.59 Å². The molecular formula is C22H19Cl2N3O2. The maximum Gasteiger partial charge on any atom is 0.203 e. The standard InChI is InChI=1S/C22H19Cl2N3O2/c1-3-9-27(10-4-2)15-7-5-14(6-8-15)16-11-21(12-25)19(28)17(23)18(24)20(29)22(16,21)13-26/h5-8,11H,3-4,9-10H2,1-2H3. The molecule has 0 aromatic heterocycles. The number of carbonyl (C=O) groups is 2. The van der Waals surface area contributed by atoms with Crippen LogP contribution in [0.15, 0.2) is 40.4 Å². The van der Waals surface area contributed by atoms with Gasteiger partial charge in [0.15, 0.2) is 10.8 Å². The van der Waals surface area contributed by atoms with Gasteiger partial charge in [0.25, 0.3) is 0 Å². The van der Waals surface area contributed by atoms with Gasteiger partial charge in [0, 0.05) is 18.8 Å². The summed E-state index contributed by atoms with van der Waals surface area (Å²) in [6, 6.07) is 11.2. The average Bonchev–Trinajstić information content (AvgIpc) is 2.72. The van der Waals surface area contributed by atoms with Crippen molar-refractivity contribution in [1.29, 1.82) is 10.5 Å². The first kappa shape index (κ1) is 21.1. The molecule has 0 bridgehead atoms. The van der Waals surface area contributed by atoms with Crippen LogP contribution in [0, 0.1) is 33.5 Å². The zero-order valence-corrected chi connectivity index (χ0v) is 17.6. The number of carbonyl (C=O) groups excluding carboxylic acids is 2. The van der Waals surface area contributed by atoms with E-state index < -0.39 is 32.5 Å². The number of nitrogens with zero attached hydrogens (tertiary/aromatic N) is 3. The van der Waals surface area contributed by atoms with Crippen LogP contribution < -0.4 is 4.90 Å². The summed E-state index contributed by atoms with van der Waals surface area (Å²) in [7, 11) is 0. The zero-order chi connectivity index (χ0) is 21.4. The number of ketones is 2. The minimum atomic E-state index is -1.98. The van der Waals surface area contributed by atoms with E-state index in [2.05, 4.69) is 18.7 Å². The van der Waals surface area contributed by atoms with Crippen molar-refractivity contribution in [3.8, 4) is 12.1 Å². The van der Waals surface area contributed by atoms with Crippen molar-refractivity contribution in [1.82, 2.24) is 0 Å². The van der Waals surface area contributed by atoms with Crippen LogP contribution in [0.3, 0.4) is 0 Å². The predicted molar refractivity (Wildman–Crippen MR) is 112 cm³/mol. The Bertz CT molecular complexity index is 1020. The Hall–Kier alpha value is -2.60. The van der Waals surface area contributed by atoms with Gasteiger partial charge >= 0.3 is 0 Å². The molecule has 0 spiro atoms. The van der Waals surface area contributed by atoms with Gasteiger partial charge in [0.2, 0.25) is 11.6 Å². The first-order valence-electron chi connectivity index (χ1n) is 9.40. The number of anilines is 1. The van der Waals surface area contributed by atoms with E-state index in [0.717, 1.165) is 31.6 Å². The van der Waals surface area contributed by atoms with Crippen LogP contribution in [0.5, 0.6) is 0 Å². The third-order valence-electron chi connectivity index (χ3n) is 5.52. The quantitative estimate of drug-likeness (QED) is 0.663. The Kier molecular flexibility index (Phi) is 5.59. The minimum absolute atomic E-state index is 0.311. The number of hydrogen-bond acceptors (Lipinski definition) is 5. The summed E-state index contributed by atoms with van der Waals surface area (Å²) in [5.41, 5.74) is -1.99. The summed E-state index contributed by atoms with van der Waals surface area (Å²) in [6.45, 7) is 6.06. The molecule has 0 aliphatic heterocycles. The second-order valence-electron chi connectivity index (χ2n) is 7.16. The fourth-order valence-corrected chi connectivity index (χ4v) is 4.53. The minimum Gasteiger partial charge on any atom is -0.372 e. The molecule has 1 aromatic rings. The van der Waals surface area contributed by atoms with Crippen molar-refractivity contribution in [2.75, 3.05) is 18.0 Å². The van der Waals surface area contributed by atoms with E-state index in [1.165, 1.54) is 6.08 Å². The predicted octanol–water partition coefficient (Wildman–Crippen LogP) is 4.57. The van der Waals surface area contributed by atoms with Crippen LogP contribution in [-0.2, 0) is 9.59 Å². The molecule has 2 aliphatic rings. The first-order valence-corrected chi connectivity index (χ1v) is 10.2. The van der Waals surface area contributed by atoms with E-state index in [1.54, 1.807) is 12.1 Å². The maximum absolute atomic E-state index is 12.9. The number of benzene rings is 1. The zero-order valence-electron chi connectivity index (χ0n) is 16.1. The van der Waals surface area contributed by atoms with Crippen molar-refractivity contribution in [3.05, 3.63) is 46.0 Å². The lowest BCUT2D eigenvalue weighted by atomic mass is 9.46. The molecule has 0 saturated carbocycles. The smallest absolute Gasteiger partial charge is 0.203 e. The SMILES string of the molecule is CCCN(CCC)c1ccc(C2=CC3(C#N)C(=O)C(Cl)=C(Cl)C(=O)C23C#N)cc1. The third-order valence-corrected chi connectivity index (χ3v) is 6.34. The highest BCUT2D eigenvalue weighted by Crippen LogP contribution is 2.64. The number of rotatable bonds is 6. The van der Waals surface area contributed by atoms with E-state index >= 15 is 0 Å². The van der Waals surface area contributed by atoms with Gasteiger partial charge in [-0.25, -0.2) is 0 Å². The topological polar surface area (TPSA) is 85.0 Å². The van der Waals surface area contributed by atoms with Crippen molar-refractivity contribution in [2.24, 2.45) is 10.8 Å². The summed E-state index contributed by atoms with van der Waals surface area (Å²) in [5.74, 6) is -1.63. The largest absolute Gasteiger partial charge is 0.372 e. The Morgan fingerprint density at radius 1 is 0.931 bits per heavy atom. The molecule has 3 rings (SSSR count). The monoisotopic (exact) mass is 427 g/mol. The molecule has 0 heterocycles. The number of Topliss-reactive ketones (excluding diaryl/α,β-unsaturated/α-hetero) is 2. The molecule has 2 unspecified atom stereocenters. The van der Waals surface area contributed by atoms with Crippen molar-refractivity contribution in [3.63, 3.8) is 0 Å². The molecule has 0 saturated heterocycles. The van der Waals surface area contributed by atoms with Gasteiger partial charge < -0.3 is 4.90 Å². The number of allylic oxidation sites excluding steroid dienone is 4. The molecule has 148 valence electrons. The van der Waals surface area contributed by atoms with E-state index in [-0.39, 0.29) is 0 Å². The normalized spacial score (nSPS) is 25.5. The van der Waals surface area contributed by atoms with Gasteiger partial charge in [-0.2, -0.15) is 10.5 Å². The highest BCUT2D eigenvalue weighted by atomic mass is 35.5. The Labute approximate surface area is 179 Å². The maximum atomic E-state index is 12.9. The van der Waals surface area contributed by atoms with Gasteiger partial charge in [-0.05, 0) is 42.2 Å². The van der Waals surface area contributed by atoms with Gasteiger partial charge in [-0.1, -0.05) is 49.2 Å². The first-order chi connectivity index (χ1) is 13.8. The summed E-state index contributed by atoms with van der Waals surface area (Å²) >= 11 is 11.9. The lowest BCUT2D eigenvalue weighted by Crippen LogP contribution is -2.59. The van der Waals surface area contributed by atoms with Gasteiger partial charge in [0.05, 0.1) is 12.1 Å². The molecule has 0 amide bonds. The summed E-state index contributed by atoms with van der Waals surface area (Å²) in [4.78, 5) is 27.9. The summed E-state index contributed by atoms with van der Waals surface area (Å²) in [5, 5.41) is 18.6. The fraction of sp³-hybridized carbons (Fsp3) is 0.364. The van der Waals surface area contributed by atoms with E-state index in [4.69, 9.17) is 23.2 Å². The van der Waals surface area contributed by atoms with Crippen LogP contribution >= 0.6 is 23.2 Å². The van der Waals surface area contributed by atoms with Crippen molar-refractivity contribution in [2.45, 2.75) is 26.7 Å². The third kappa shape index (κ3) is 2.73. The molecule has 0 fully saturated rings. The number of nitriles is 2. The van der Waals surface area contributed by atoms with Crippen molar-refractivity contribution >= 4 is 46.0 Å². The second-order valence-corrected chi connectivity index (χ2v) is 7.92. The molecule has 2 atom stereocenters. The van der Waals surface area contributed by atoms with Crippen LogP contribution in [-0.4, -0.2) is 24.7 Å². The fourth-order valence-electron chi connectivity index (χ4n) is 4.07. The van der Waals surface area contributed by atoms with E-state index in [1.807, 2.05) is 24.3 Å². The summed E-state index contributed by atoms with van der Waals surface area (Å²) in [6.07, 6.45) is 3.39. The molecule has 5 nitrogen and oxygen atoms in total. The lowest BCUT2D eigenvalue weighted by molar-refractivity contribution is -0.133. The number of fused-ring (bicyclic) bond motifs is 1. The molecular weight excluding hydrogens is 409 g/mol. The number of halogens is 2. The molecule has 0 N–H and O–H groups in total. The molecule has 0 radical (unpaired) electrons. The van der Waals surface area contributed by atoms with Crippen LogP contribution in [0.1, 0.15) is 32.3 Å². The summed E-state index contributed by atoms with van der Waals surface area (Å²) < 4.78 is 0. The Morgan fingerprint density at radius 2 is 1.48 bits per heavy atom. The van der Waals surface area contributed by atoms with Crippen molar-refractivity contribution < 1.29 is 9.59 Å². The highest BCUT2D eigenvalue weighted by molar-refractivity contribution is 6.58. The van der Waals surface area contributed by atoms with Crippen LogP contribution in [0.2, 0.25) is 0 Å². The van der Waals surface area contributed by atoms with Gasteiger partial charge in [0.1, 0.15) is 10.1 Å². The molecule has 1 aromatic carbocycles. The Morgan fingerprint density at radius 3 is 1.97 bits per heavy atom. The highest BCUT2D eigenvalue weighted by Gasteiger charge is 2.73. The average molecular weight is 428 g/mol. The van der Waals surface area contributed by atoms with Crippen LogP contribution in [0.25, 0.3) is 5.57 Å². The van der Waals surface area contributed by atoms with E-state index in [9.17, 15) is 20.1 Å². The number of hydrogen-bond donors (Lipinski definition) is 0. The lowest BCUT2D eigenvalue weighted by Gasteiger charge is -2.49. The van der Waals surface area contributed by atoms with E-state index in [0.29, 0.717) is 11.1 Å². The second kappa shape index (κ2) is 7.67. The molecule has 2 aliphatic carbocycles.